The number of hydrogen-bond acceptors (Lipinski definition) is 8. The van der Waals surface area contributed by atoms with Crippen molar-refractivity contribution in [3.63, 3.8) is 0 Å². The minimum atomic E-state index is -4.52. The summed E-state index contributed by atoms with van der Waals surface area (Å²) >= 11 is 2.64. The molecule has 0 fully saturated rings. The molecule has 0 amide bonds. The summed E-state index contributed by atoms with van der Waals surface area (Å²) in [5.74, 6) is -0.407. The zero-order valence-electron chi connectivity index (χ0n) is 22.3. The molecule has 0 saturated carbocycles. The lowest BCUT2D eigenvalue weighted by Gasteiger charge is -2.08. The lowest BCUT2D eigenvalue weighted by atomic mass is 10.0. The predicted molar refractivity (Wildman–Crippen MR) is 163 cm³/mol. The number of ketones is 1. The van der Waals surface area contributed by atoms with Crippen molar-refractivity contribution < 1.29 is 30.9 Å². The van der Waals surface area contributed by atoms with Crippen LogP contribution in [0.1, 0.15) is 27.0 Å². The summed E-state index contributed by atoms with van der Waals surface area (Å²) in [5.41, 5.74) is 3.09. The number of benzene rings is 4. The number of alkyl halides is 3. The van der Waals surface area contributed by atoms with Crippen molar-refractivity contribution in [3.8, 4) is 21.1 Å². The van der Waals surface area contributed by atoms with E-state index in [1.165, 1.54) is 34.8 Å². The van der Waals surface area contributed by atoms with Gasteiger partial charge >= 0.3 is 6.18 Å². The maximum absolute atomic E-state index is 13.0. The van der Waals surface area contributed by atoms with E-state index in [2.05, 4.69) is 4.98 Å². The van der Waals surface area contributed by atoms with Crippen LogP contribution in [0.3, 0.4) is 0 Å². The van der Waals surface area contributed by atoms with Gasteiger partial charge in [-0.3, -0.25) is 9.35 Å². The Labute approximate surface area is 252 Å². The Kier molecular flexibility index (Phi) is 7.96. The number of nitrogens with zero attached hydrogens (tertiary/aromatic N) is 2. The summed E-state index contributed by atoms with van der Waals surface area (Å²) in [6.45, 7) is 1.62. The number of aromatic nitrogens is 2. The summed E-state index contributed by atoms with van der Waals surface area (Å²) in [4.78, 5) is 21.8. The van der Waals surface area contributed by atoms with E-state index in [0.29, 0.717) is 26.4 Å². The molecule has 6 rings (SSSR count). The van der Waals surface area contributed by atoms with Crippen LogP contribution >= 0.6 is 22.7 Å². The Morgan fingerprint density at radius 3 is 2.21 bits per heavy atom. The van der Waals surface area contributed by atoms with Crippen molar-refractivity contribution in [3.05, 3.63) is 101 Å². The SMILES string of the molecule is Cc1ccc2nc(-c3ccc4nc(-c5ccc(CC(=O)c6cccc(C(F)(F)F)c6)cc5)sc4c3)sc2c1S(=O)(=O)O.N. The average Bonchev–Trinajstić information content (AvgIpc) is 3.56. The standard InChI is InChI=1S/C30H19F3N2O4S3.H3N/c1-16-5-11-23-26(27(16)42(37,38)39)41-29(35-23)20-10-12-22-25(15-20)40-28(34-22)18-8-6-17(7-9-18)13-24(36)19-3-2-4-21(14-19)30(31,32)33;/h2-12,14-15H,13H2,1H3,(H,37,38,39);1H3. The molecule has 2 aromatic heterocycles. The first kappa shape index (κ1) is 30.4. The molecule has 0 bridgehead atoms. The molecule has 2 heterocycles. The number of carbonyl (C=O) groups excluding carboxylic acids is 1. The largest absolute Gasteiger partial charge is 0.416 e. The second-order valence-corrected chi connectivity index (χ2v) is 13.0. The number of halogens is 3. The van der Waals surface area contributed by atoms with Gasteiger partial charge in [-0.1, -0.05) is 42.5 Å². The molecule has 0 aliphatic rings. The third-order valence-corrected chi connectivity index (χ3v) is 10.1. The van der Waals surface area contributed by atoms with Gasteiger partial charge in [0.25, 0.3) is 10.1 Å². The first-order valence-corrected chi connectivity index (χ1v) is 15.5. The molecule has 4 N–H and O–H groups in total. The van der Waals surface area contributed by atoms with E-state index in [-0.39, 0.29) is 23.0 Å². The summed E-state index contributed by atoms with van der Waals surface area (Å²) in [6.07, 6.45) is -4.55. The molecule has 4 aromatic carbocycles. The van der Waals surface area contributed by atoms with Crippen molar-refractivity contribution in [1.82, 2.24) is 16.1 Å². The van der Waals surface area contributed by atoms with E-state index in [0.717, 1.165) is 38.5 Å². The van der Waals surface area contributed by atoms with E-state index >= 15 is 0 Å². The van der Waals surface area contributed by atoms with Crippen molar-refractivity contribution in [2.75, 3.05) is 0 Å². The van der Waals surface area contributed by atoms with Crippen LogP contribution in [-0.4, -0.2) is 28.7 Å². The van der Waals surface area contributed by atoms with E-state index in [9.17, 15) is 30.9 Å². The van der Waals surface area contributed by atoms with Gasteiger partial charge in [-0.05, 0) is 54.4 Å². The van der Waals surface area contributed by atoms with Gasteiger partial charge in [0.2, 0.25) is 0 Å². The molecule has 0 atom stereocenters. The number of carbonyl (C=O) groups is 1. The molecule has 0 saturated heterocycles. The fraction of sp³-hybridized carbons (Fsp3) is 0.100. The molecule has 0 spiro atoms. The maximum atomic E-state index is 13.0. The van der Waals surface area contributed by atoms with Gasteiger partial charge in [0.1, 0.15) is 14.9 Å². The number of hydrogen-bond donors (Lipinski definition) is 2. The summed E-state index contributed by atoms with van der Waals surface area (Å²) < 4.78 is 74.0. The van der Waals surface area contributed by atoms with Crippen LogP contribution in [0.2, 0.25) is 0 Å². The zero-order valence-corrected chi connectivity index (χ0v) is 24.8. The molecule has 0 radical (unpaired) electrons. The van der Waals surface area contributed by atoms with Crippen LogP contribution < -0.4 is 6.15 Å². The zero-order chi connectivity index (χ0) is 29.8. The summed E-state index contributed by atoms with van der Waals surface area (Å²) in [5, 5.41) is 1.35. The smallest absolute Gasteiger partial charge is 0.344 e. The molecule has 7 nitrogen and oxygen atoms in total. The van der Waals surface area contributed by atoms with Gasteiger partial charge in [-0.15, -0.1) is 22.7 Å². The predicted octanol–water partition coefficient (Wildman–Crippen LogP) is 8.40. The molecule has 0 unspecified atom stereocenters. The normalized spacial score (nSPS) is 12.0. The molecule has 0 aliphatic heterocycles. The van der Waals surface area contributed by atoms with Gasteiger partial charge < -0.3 is 6.15 Å². The highest BCUT2D eigenvalue weighted by atomic mass is 32.2. The third-order valence-electron chi connectivity index (χ3n) is 6.68. The number of rotatable bonds is 6. The molecular formula is C30H22F3N3O4S3. The highest BCUT2D eigenvalue weighted by Crippen LogP contribution is 2.38. The topological polar surface area (TPSA) is 132 Å². The molecular weight excluding hydrogens is 620 g/mol. The second kappa shape index (κ2) is 11.2. The van der Waals surface area contributed by atoms with Crippen LogP contribution in [0.25, 0.3) is 41.6 Å². The summed E-state index contributed by atoms with van der Waals surface area (Å²) in [7, 11) is -4.42. The molecule has 43 heavy (non-hydrogen) atoms. The Hall–Kier alpha value is -4.01. The number of fused-ring (bicyclic) bond motifs is 2. The van der Waals surface area contributed by atoms with Crippen LogP contribution in [-0.2, 0) is 22.7 Å². The van der Waals surface area contributed by atoms with Gasteiger partial charge in [0.15, 0.2) is 5.78 Å². The van der Waals surface area contributed by atoms with Crippen LogP contribution in [0.4, 0.5) is 13.2 Å². The Morgan fingerprint density at radius 2 is 1.51 bits per heavy atom. The first-order valence-electron chi connectivity index (χ1n) is 12.5. The minimum absolute atomic E-state index is 0. The van der Waals surface area contributed by atoms with E-state index in [1.807, 2.05) is 30.3 Å². The summed E-state index contributed by atoms with van der Waals surface area (Å²) in [6, 6.07) is 20.5. The molecule has 0 aliphatic carbocycles. The monoisotopic (exact) mass is 641 g/mol. The number of Topliss-reactive ketones (excluding diaryl/α,β-unsaturated/α-hetero) is 1. The van der Waals surface area contributed by atoms with E-state index in [1.54, 1.807) is 31.2 Å². The third kappa shape index (κ3) is 6.08. The highest BCUT2D eigenvalue weighted by molar-refractivity contribution is 7.86. The van der Waals surface area contributed by atoms with Gasteiger partial charge in [-0.25, -0.2) is 9.97 Å². The van der Waals surface area contributed by atoms with Crippen LogP contribution in [0, 0.1) is 6.92 Å². The number of thiazole rings is 2. The lowest BCUT2D eigenvalue weighted by Crippen LogP contribution is -2.09. The Bertz CT molecular complexity index is 2120. The maximum Gasteiger partial charge on any atom is 0.416 e. The molecule has 220 valence electrons. The van der Waals surface area contributed by atoms with Gasteiger partial charge in [-0.2, -0.15) is 21.6 Å². The molecule has 6 aromatic rings. The van der Waals surface area contributed by atoms with Crippen molar-refractivity contribution in [2.24, 2.45) is 0 Å². The van der Waals surface area contributed by atoms with Gasteiger partial charge in [0.05, 0.1) is 26.0 Å². The van der Waals surface area contributed by atoms with Crippen molar-refractivity contribution in [1.29, 1.82) is 0 Å². The Morgan fingerprint density at radius 1 is 0.860 bits per heavy atom. The van der Waals surface area contributed by atoms with Gasteiger partial charge in [0, 0.05) is 23.1 Å². The first-order chi connectivity index (χ1) is 19.9. The van der Waals surface area contributed by atoms with Crippen molar-refractivity contribution in [2.45, 2.75) is 24.4 Å². The van der Waals surface area contributed by atoms with Crippen molar-refractivity contribution >= 4 is 59.0 Å². The quantitative estimate of drug-likeness (QED) is 0.138. The van der Waals surface area contributed by atoms with Crippen LogP contribution in [0.15, 0.2) is 83.8 Å². The van der Waals surface area contributed by atoms with E-state index < -0.39 is 27.6 Å². The number of aryl methyl sites for hydroxylation is 1. The fourth-order valence-corrected chi connectivity index (χ4v) is 7.93. The lowest BCUT2D eigenvalue weighted by molar-refractivity contribution is -0.137. The Balaban J connectivity index is 0.00000368. The van der Waals surface area contributed by atoms with Crippen LogP contribution in [0.5, 0.6) is 0 Å². The molecule has 13 heteroatoms. The van der Waals surface area contributed by atoms with E-state index in [4.69, 9.17) is 4.98 Å². The highest BCUT2D eigenvalue weighted by Gasteiger charge is 2.31. The minimum Gasteiger partial charge on any atom is -0.344 e. The average molecular weight is 642 g/mol. The fourth-order valence-electron chi connectivity index (χ4n) is 4.61. The second-order valence-electron chi connectivity index (χ2n) is 9.63.